The molecule has 1 atom stereocenters. The van der Waals surface area contributed by atoms with E-state index in [0.717, 1.165) is 15.7 Å². The molecule has 0 saturated carbocycles. The average molecular weight is 356 g/mol. The fraction of sp³-hybridized carbons (Fsp3) is 0.533. The van der Waals surface area contributed by atoms with Crippen LogP contribution in [0.5, 0.6) is 0 Å². The lowest BCUT2D eigenvalue weighted by Gasteiger charge is -2.37. The molecule has 0 aromatic heterocycles. The van der Waals surface area contributed by atoms with Gasteiger partial charge in [0.1, 0.15) is 6.04 Å². The van der Waals surface area contributed by atoms with E-state index in [1.54, 1.807) is 0 Å². The normalized spacial score (nSPS) is 18.9. The van der Waals surface area contributed by atoms with Crippen LogP contribution in [0.3, 0.4) is 0 Å². The van der Waals surface area contributed by atoms with Crippen molar-refractivity contribution in [3.63, 3.8) is 0 Å². The van der Waals surface area contributed by atoms with Crippen LogP contribution in [0, 0.1) is 0 Å². The molecule has 21 heavy (non-hydrogen) atoms. The van der Waals surface area contributed by atoms with Gasteiger partial charge in [0, 0.05) is 29.3 Å². The standard InChI is InChI=1S/C15H22BrN3O2/c1-10(2)18-15(20)14-9-21-6-5-19(14)12-4-3-11(8-17)13(16)7-12/h3-4,7,10,14H,5-6,8-9,17H2,1-2H3,(H,18,20). The van der Waals surface area contributed by atoms with Gasteiger partial charge in [0.25, 0.3) is 0 Å². The summed E-state index contributed by atoms with van der Waals surface area (Å²) in [6, 6.07) is 5.84. The summed E-state index contributed by atoms with van der Waals surface area (Å²) in [7, 11) is 0. The molecule has 1 unspecified atom stereocenters. The number of halogens is 1. The highest BCUT2D eigenvalue weighted by molar-refractivity contribution is 9.10. The van der Waals surface area contributed by atoms with E-state index < -0.39 is 0 Å². The largest absolute Gasteiger partial charge is 0.377 e. The maximum atomic E-state index is 12.3. The van der Waals surface area contributed by atoms with E-state index in [1.807, 2.05) is 32.0 Å². The number of carbonyl (C=O) groups is 1. The van der Waals surface area contributed by atoms with Crippen LogP contribution in [-0.4, -0.2) is 37.7 Å². The van der Waals surface area contributed by atoms with Crippen molar-refractivity contribution in [1.29, 1.82) is 0 Å². The number of ether oxygens (including phenoxy) is 1. The fourth-order valence-electron chi connectivity index (χ4n) is 2.39. The summed E-state index contributed by atoms with van der Waals surface area (Å²) in [5.41, 5.74) is 7.74. The molecule has 0 bridgehead atoms. The minimum absolute atomic E-state index is 0.00345. The first kappa shape index (κ1) is 16.3. The van der Waals surface area contributed by atoms with Crippen LogP contribution in [-0.2, 0) is 16.1 Å². The molecule has 1 aliphatic rings. The molecule has 2 rings (SSSR count). The Morgan fingerprint density at radius 1 is 1.57 bits per heavy atom. The van der Waals surface area contributed by atoms with Gasteiger partial charge >= 0.3 is 0 Å². The Morgan fingerprint density at radius 3 is 2.95 bits per heavy atom. The maximum Gasteiger partial charge on any atom is 0.245 e. The summed E-state index contributed by atoms with van der Waals surface area (Å²) in [5.74, 6) is 0.00345. The number of hydrogen-bond acceptors (Lipinski definition) is 4. The van der Waals surface area contributed by atoms with Gasteiger partial charge in [-0.2, -0.15) is 0 Å². The number of hydrogen-bond donors (Lipinski definition) is 2. The molecule has 1 amide bonds. The second-order valence-corrected chi connectivity index (χ2v) is 6.28. The number of carbonyl (C=O) groups excluding carboxylic acids is 1. The Kier molecular flexibility index (Phi) is 5.61. The molecule has 116 valence electrons. The highest BCUT2D eigenvalue weighted by Crippen LogP contribution is 2.26. The highest BCUT2D eigenvalue weighted by atomic mass is 79.9. The third kappa shape index (κ3) is 3.96. The lowest BCUT2D eigenvalue weighted by atomic mass is 10.1. The molecular weight excluding hydrogens is 334 g/mol. The van der Waals surface area contributed by atoms with E-state index in [2.05, 4.69) is 26.1 Å². The topological polar surface area (TPSA) is 67.6 Å². The van der Waals surface area contributed by atoms with Crippen LogP contribution in [0.4, 0.5) is 5.69 Å². The molecule has 0 radical (unpaired) electrons. The molecule has 1 saturated heterocycles. The van der Waals surface area contributed by atoms with Crippen molar-refractivity contribution in [3.05, 3.63) is 28.2 Å². The van der Waals surface area contributed by atoms with Gasteiger partial charge in [-0.25, -0.2) is 0 Å². The van der Waals surface area contributed by atoms with Crippen LogP contribution in [0.2, 0.25) is 0 Å². The predicted octanol–water partition coefficient (Wildman–Crippen LogP) is 1.64. The van der Waals surface area contributed by atoms with E-state index in [1.165, 1.54) is 0 Å². The zero-order valence-electron chi connectivity index (χ0n) is 12.4. The molecule has 0 spiro atoms. The van der Waals surface area contributed by atoms with E-state index >= 15 is 0 Å². The summed E-state index contributed by atoms with van der Waals surface area (Å²) >= 11 is 3.53. The van der Waals surface area contributed by atoms with Gasteiger partial charge in [0.2, 0.25) is 5.91 Å². The summed E-state index contributed by atoms with van der Waals surface area (Å²) in [5, 5.41) is 2.96. The molecule has 1 aromatic rings. The first-order valence-corrected chi connectivity index (χ1v) is 7.95. The number of morpholine rings is 1. The van der Waals surface area contributed by atoms with Gasteiger partial charge in [-0.05, 0) is 31.5 Å². The van der Waals surface area contributed by atoms with Crippen molar-refractivity contribution in [3.8, 4) is 0 Å². The molecule has 1 heterocycles. The average Bonchev–Trinajstić information content (AvgIpc) is 2.46. The van der Waals surface area contributed by atoms with Crippen molar-refractivity contribution in [2.45, 2.75) is 32.5 Å². The van der Waals surface area contributed by atoms with E-state index in [-0.39, 0.29) is 18.0 Å². The van der Waals surface area contributed by atoms with E-state index in [4.69, 9.17) is 10.5 Å². The Morgan fingerprint density at radius 2 is 2.33 bits per heavy atom. The van der Waals surface area contributed by atoms with E-state index in [9.17, 15) is 4.79 Å². The Labute approximate surface area is 134 Å². The number of anilines is 1. The maximum absolute atomic E-state index is 12.3. The summed E-state index contributed by atoms with van der Waals surface area (Å²) in [6.07, 6.45) is 0. The molecule has 1 aromatic carbocycles. The number of rotatable bonds is 4. The lowest BCUT2D eigenvalue weighted by molar-refractivity contribution is -0.125. The third-order valence-corrected chi connectivity index (χ3v) is 4.19. The van der Waals surface area contributed by atoms with Crippen molar-refractivity contribution < 1.29 is 9.53 Å². The summed E-state index contributed by atoms with van der Waals surface area (Å²) in [6.45, 7) is 6.14. The van der Waals surface area contributed by atoms with Crippen LogP contribution >= 0.6 is 15.9 Å². The van der Waals surface area contributed by atoms with Gasteiger partial charge in [-0.1, -0.05) is 22.0 Å². The van der Waals surface area contributed by atoms with Crippen LogP contribution in [0.25, 0.3) is 0 Å². The van der Waals surface area contributed by atoms with Gasteiger partial charge in [0.15, 0.2) is 0 Å². The Hall–Kier alpha value is -1.11. The molecule has 1 aliphatic heterocycles. The molecule has 1 fully saturated rings. The van der Waals surface area contributed by atoms with Gasteiger partial charge in [-0.3, -0.25) is 4.79 Å². The Balaban J connectivity index is 2.22. The minimum Gasteiger partial charge on any atom is -0.377 e. The number of benzene rings is 1. The van der Waals surface area contributed by atoms with Crippen LogP contribution in [0.1, 0.15) is 19.4 Å². The third-order valence-electron chi connectivity index (χ3n) is 3.45. The quantitative estimate of drug-likeness (QED) is 0.861. The molecule has 5 nitrogen and oxygen atoms in total. The number of nitrogens with two attached hydrogens (primary N) is 1. The van der Waals surface area contributed by atoms with Gasteiger partial charge < -0.3 is 20.7 Å². The zero-order valence-corrected chi connectivity index (χ0v) is 14.0. The smallest absolute Gasteiger partial charge is 0.245 e. The van der Waals surface area contributed by atoms with Crippen LogP contribution in [0.15, 0.2) is 22.7 Å². The van der Waals surface area contributed by atoms with Gasteiger partial charge in [0.05, 0.1) is 13.2 Å². The summed E-state index contributed by atoms with van der Waals surface area (Å²) < 4.78 is 6.45. The molecular formula is C15H22BrN3O2. The first-order chi connectivity index (χ1) is 10.0. The summed E-state index contributed by atoms with van der Waals surface area (Å²) in [4.78, 5) is 14.4. The Bertz CT molecular complexity index is 508. The number of nitrogens with one attached hydrogen (secondary N) is 1. The zero-order chi connectivity index (χ0) is 15.4. The first-order valence-electron chi connectivity index (χ1n) is 7.16. The predicted molar refractivity (Wildman–Crippen MR) is 87.3 cm³/mol. The number of nitrogens with zero attached hydrogens (tertiary/aromatic N) is 1. The van der Waals surface area contributed by atoms with E-state index in [0.29, 0.717) is 26.3 Å². The fourth-order valence-corrected chi connectivity index (χ4v) is 2.92. The highest BCUT2D eigenvalue weighted by Gasteiger charge is 2.30. The second-order valence-electron chi connectivity index (χ2n) is 5.43. The van der Waals surface area contributed by atoms with Crippen molar-refractivity contribution in [2.24, 2.45) is 5.73 Å². The molecule has 6 heteroatoms. The van der Waals surface area contributed by atoms with Crippen LogP contribution < -0.4 is 16.0 Å². The number of amides is 1. The van der Waals surface area contributed by atoms with Crippen molar-refractivity contribution >= 4 is 27.5 Å². The molecule has 3 N–H and O–H groups in total. The minimum atomic E-state index is -0.295. The lowest BCUT2D eigenvalue weighted by Crippen LogP contribution is -2.55. The van der Waals surface area contributed by atoms with Gasteiger partial charge in [-0.15, -0.1) is 0 Å². The van der Waals surface area contributed by atoms with Crippen molar-refractivity contribution in [2.75, 3.05) is 24.7 Å². The van der Waals surface area contributed by atoms with Crippen molar-refractivity contribution in [1.82, 2.24) is 5.32 Å². The molecule has 0 aliphatic carbocycles. The second kappa shape index (κ2) is 7.24. The monoisotopic (exact) mass is 355 g/mol. The SMILES string of the molecule is CC(C)NC(=O)C1COCCN1c1ccc(CN)c(Br)c1.